The van der Waals surface area contributed by atoms with E-state index in [2.05, 4.69) is 51.2 Å². The molecule has 0 spiro atoms. The minimum atomic E-state index is 0.0447. The second kappa shape index (κ2) is 3.10. The molecule has 68 valence electrons. The molecule has 0 saturated heterocycles. The lowest BCUT2D eigenvalue weighted by molar-refractivity contribution is 0.795. The van der Waals surface area contributed by atoms with E-state index >= 15 is 0 Å². The Kier molecular flexibility index (Phi) is 2.07. The van der Waals surface area contributed by atoms with Gasteiger partial charge in [0.1, 0.15) is 12.7 Å². The van der Waals surface area contributed by atoms with Gasteiger partial charge in [-0.1, -0.05) is 22.0 Å². The van der Waals surface area contributed by atoms with E-state index in [9.17, 15) is 0 Å². The number of aromatic nitrogens is 3. The molecule has 0 fully saturated rings. The van der Waals surface area contributed by atoms with Crippen molar-refractivity contribution in [1.29, 1.82) is 0 Å². The van der Waals surface area contributed by atoms with Crippen LogP contribution in [0.1, 0.15) is 13.3 Å². The third-order valence-corrected chi connectivity index (χ3v) is 2.49. The number of allylic oxidation sites excluding steroid dienone is 4. The Morgan fingerprint density at radius 1 is 1.62 bits per heavy atom. The topological polar surface area (TPSA) is 30.7 Å². The van der Waals surface area contributed by atoms with Crippen LogP contribution >= 0.6 is 15.9 Å². The van der Waals surface area contributed by atoms with Crippen LogP contribution in [-0.2, 0) is 0 Å². The van der Waals surface area contributed by atoms with Crippen LogP contribution in [0.5, 0.6) is 0 Å². The molecule has 2 rings (SSSR count). The molecule has 1 unspecified atom stereocenters. The molecule has 1 aliphatic rings. The molecule has 1 aromatic heterocycles. The van der Waals surface area contributed by atoms with E-state index < -0.39 is 0 Å². The summed E-state index contributed by atoms with van der Waals surface area (Å²) in [6.45, 7) is 2.13. The van der Waals surface area contributed by atoms with Crippen molar-refractivity contribution in [1.82, 2.24) is 14.8 Å². The normalized spacial score (nSPS) is 27.4. The minimum absolute atomic E-state index is 0.0447. The third-order valence-electron chi connectivity index (χ3n) is 1.94. The van der Waals surface area contributed by atoms with E-state index in [0.717, 1.165) is 12.1 Å². The van der Waals surface area contributed by atoms with Crippen LogP contribution in [0.15, 0.2) is 30.9 Å². The second-order valence-electron chi connectivity index (χ2n) is 3.29. The number of halogens is 1. The van der Waals surface area contributed by atoms with Gasteiger partial charge in [0.05, 0.1) is 5.70 Å². The highest BCUT2D eigenvalue weighted by molar-refractivity contribution is 9.10. The SMILES string of the molecule is CC1(Br)C=C(n2cncn2)C=CC1. The molecule has 0 aromatic carbocycles. The van der Waals surface area contributed by atoms with Gasteiger partial charge in [-0.2, -0.15) is 5.10 Å². The summed E-state index contributed by atoms with van der Waals surface area (Å²) in [5, 5.41) is 4.07. The largest absolute Gasteiger partial charge is 0.223 e. The maximum absolute atomic E-state index is 4.07. The van der Waals surface area contributed by atoms with E-state index in [4.69, 9.17) is 0 Å². The molecule has 1 atom stereocenters. The van der Waals surface area contributed by atoms with Crippen molar-refractivity contribution in [2.24, 2.45) is 0 Å². The Bertz CT molecular complexity index is 349. The summed E-state index contributed by atoms with van der Waals surface area (Å²) in [6, 6.07) is 0. The fraction of sp³-hybridized carbons (Fsp3) is 0.333. The smallest absolute Gasteiger partial charge is 0.138 e. The Hall–Kier alpha value is -0.900. The number of hydrogen-bond acceptors (Lipinski definition) is 2. The van der Waals surface area contributed by atoms with Gasteiger partial charge < -0.3 is 0 Å². The van der Waals surface area contributed by atoms with Gasteiger partial charge in [0, 0.05) is 4.32 Å². The molecule has 3 nitrogen and oxygen atoms in total. The Morgan fingerprint density at radius 3 is 3.08 bits per heavy atom. The highest BCUT2D eigenvalue weighted by atomic mass is 79.9. The fourth-order valence-corrected chi connectivity index (χ4v) is 1.73. The zero-order valence-electron chi connectivity index (χ0n) is 7.31. The molecule has 4 heteroatoms. The van der Waals surface area contributed by atoms with Crippen LogP contribution in [0.3, 0.4) is 0 Å². The predicted octanol–water partition coefficient (Wildman–Crippen LogP) is 2.23. The van der Waals surface area contributed by atoms with E-state index in [1.165, 1.54) is 6.33 Å². The van der Waals surface area contributed by atoms with Crippen molar-refractivity contribution in [3.8, 4) is 0 Å². The average Bonchev–Trinajstić information content (AvgIpc) is 2.53. The first kappa shape index (κ1) is 8.69. The van der Waals surface area contributed by atoms with Crippen LogP contribution in [0.4, 0.5) is 0 Å². The molecule has 1 aliphatic carbocycles. The highest BCUT2D eigenvalue weighted by Gasteiger charge is 2.19. The first-order chi connectivity index (χ1) is 6.17. The number of rotatable bonds is 1. The van der Waals surface area contributed by atoms with Crippen LogP contribution in [0.2, 0.25) is 0 Å². The lowest BCUT2D eigenvalue weighted by Crippen LogP contribution is -2.15. The molecule has 13 heavy (non-hydrogen) atoms. The van der Waals surface area contributed by atoms with Gasteiger partial charge in [-0.25, -0.2) is 9.67 Å². The van der Waals surface area contributed by atoms with Gasteiger partial charge in [0.25, 0.3) is 0 Å². The molecule has 1 heterocycles. The Labute approximate surface area is 85.3 Å². The van der Waals surface area contributed by atoms with Crippen molar-refractivity contribution >= 4 is 21.6 Å². The van der Waals surface area contributed by atoms with Gasteiger partial charge >= 0.3 is 0 Å². The maximum atomic E-state index is 4.07. The fourth-order valence-electron chi connectivity index (χ4n) is 1.31. The van der Waals surface area contributed by atoms with E-state index in [-0.39, 0.29) is 4.32 Å². The molecular weight excluding hydrogens is 230 g/mol. The summed E-state index contributed by atoms with van der Waals surface area (Å²) in [6.07, 6.45) is 10.6. The molecule has 0 amide bonds. The summed E-state index contributed by atoms with van der Waals surface area (Å²) < 4.78 is 1.80. The quantitative estimate of drug-likeness (QED) is 0.704. The lowest BCUT2D eigenvalue weighted by atomic mass is 10.0. The zero-order chi connectivity index (χ0) is 9.31. The minimum Gasteiger partial charge on any atom is -0.223 e. The molecule has 0 N–H and O–H groups in total. The van der Waals surface area contributed by atoms with Crippen LogP contribution in [0.25, 0.3) is 5.70 Å². The zero-order valence-corrected chi connectivity index (χ0v) is 8.90. The van der Waals surface area contributed by atoms with Crippen molar-refractivity contribution in [2.45, 2.75) is 17.7 Å². The van der Waals surface area contributed by atoms with Crippen molar-refractivity contribution in [3.05, 3.63) is 30.9 Å². The van der Waals surface area contributed by atoms with Crippen molar-refractivity contribution in [3.63, 3.8) is 0 Å². The van der Waals surface area contributed by atoms with Gasteiger partial charge in [-0.05, 0) is 25.5 Å². The van der Waals surface area contributed by atoms with E-state index in [0.29, 0.717) is 0 Å². The standard InChI is InChI=1S/C9H10BrN3/c1-9(10)4-2-3-8(5-9)13-7-11-6-12-13/h2-3,5-7H,4H2,1H3. The first-order valence-corrected chi connectivity index (χ1v) is 4.90. The summed E-state index contributed by atoms with van der Waals surface area (Å²) in [5.41, 5.74) is 1.06. The van der Waals surface area contributed by atoms with Crippen molar-refractivity contribution < 1.29 is 0 Å². The van der Waals surface area contributed by atoms with Crippen molar-refractivity contribution in [2.75, 3.05) is 0 Å². The monoisotopic (exact) mass is 239 g/mol. The maximum Gasteiger partial charge on any atom is 0.138 e. The van der Waals surface area contributed by atoms with E-state index in [1.807, 2.05) is 0 Å². The highest BCUT2D eigenvalue weighted by Crippen LogP contribution is 2.30. The summed E-state index contributed by atoms with van der Waals surface area (Å²) >= 11 is 3.63. The molecule has 0 bridgehead atoms. The van der Waals surface area contributed by atoms with Gasteiger partial charge in [-0.15, -0.1) is 0 Å². The molecule has 0 aliphatic heterocycles. The van der Waals surface area contributed by atoms with Crippen LogP contribution < -0.4 is 0 Å². The summed E-state index contributed by atoms with van der Waals surface area (Å²) in [4.78, 5) is 3.91. The molecule has 1 aromatic rings. The summed E-state index contributed by atoms with van der Waals surface area (Å²) in [7, 11) is 0. The average molecular weight is 240 g/mol. The first-order valence-electron chi connectivity index (χ1n) is 4.11. The number of hydrogen-bond donors (Lipinski definition) is 0. The molecular formula is C9H10BrN3. The predicted molar refractivity (Wildman–Crippen MR) is 55.4 cm³/mol. The molecule has 0 radical (unpaired) electrons. The van der Waals surface area contributed by atoms with Crippen LogP contribution in [-0.4, -0.2) is 19.1 Å². The van der Waals surface area contributed by atoms with Crippen LogP contribution in [0, 0.1) is 0 Å². The second-order valence-corrected chi connectivity index (χ2v) is 5.11. The van der Waals surface area contributed by atoms with Gasteiger partial charge in [0.15, 0.2) is 0 Å². The lowest BCUT2D eigenvalue weighted by Gasteiger charge is -2.20. The molecule has 0 saturated carbocycles. The van der Waals surface area contributed by atoms with Gasteiger partial charge in [-0.3, -0.25) is 0 Å². The number of alkyl halides is 1. The van der Waals surface area contributed by atoms with E-state index in [1.54, 1.807) is 11.0 Å². The Balaban J connectivity index is 2.35. The van der Waals surface area contributed by atoms with Gasteiger partial charge in [0.2, 0.25) is 0 Å². The summed E-state index contributed by atoms with van der Waals surface area (Å²) in [5.74, 6) is 0. The number of nitrogens with zero attached hydrogens (tertiary/aromatic N) is 3. The third kappa shape index (κ3) is 1.88. The Morgan fingerprint density at radius 2 is 2.46 bits per heavy atom.